The normalized spacial score (nSPS) is 29.5. The van der Waals surface area contributed by atoms with Crippen molar-refractivity contribution in [2.45, 2.75) is 50.5 Å². The topological polar surface area (TPSA) is 12.0 Å². The van der Waals surface area contributed by atoms with Crippen LogP contribution in [0.25, 0.3) is 0 Å². The first-order chi connectivity index (χ1) is 9.79. The van der Waals surface area contributed by atoms with E-state index in [-0.39, 0.29) is 0 Å². The molecule has 1 nitrogen and oxygen atoms in total. The molecule has 1 N–H and O–H groups in total. The monoisotopic (exact) mass is 289 g/mol. The van der Waals surface area contributed by atoms with Gasteiger partial charge in [-0.3, -0.25) is 0 Å². The number of nitrogens with one attached hydrogen (secondary N) is 1. The highest BCUT2D eigenvalue weighted by Crippen LogP contribution is 2.49. The minimum Gasteiger partial charge on any atom is -0.314 e. The van der Waals surface area contributed by atoms with Crippen LogP contribution in [0, 0.1) is 17.8 Å². The molecule has 0 atom stereocenters. The maximum atomic E-state index is 6.08. The standard InChI is InChI=1S/C18H24ClN/c19-16-3-1-2-14(8-16)15-9-17(10-15)20-11-18(12-4-5-12)13-6-7-13/h1-3,8,12-13,15,17-18,20H,4-7,9-11H2. The van der Waals surface area contributed by atoms with Crippen LogP contribution in [0.5, 0.6) is 0 Å². The first-order valence-electron chi connectivity index (χ1n) is 8.28. The number of rotatable bonds is 6. The molecule has 0 saturated heterocycles. The van der Waals surface area contributed by atoms with Crippen molar-refractivity contribution in [3.8, 4) is 0 Å². The van der Waals surface area contributed by atoms with E-state index >= 15 is 0 Å². The Kier molecular flexibility index (Phi) is 3.52. The predicted octanol–water partition coefficient (Wildman–Crippen LogP) is 4.61. The van der Waals surface area contributed by atoms with Crippen LogP contribution in [0.1, 0.15) is 50.0 Å². The van der Waals surface area contributed by atoms with Crippen LogP contribution in [0.3, 0.4) is 0 Å². The zero-order valence-corrected chi connectivity index (χ0v) is 12.8. The summed E-state index contributed by atoms with van der Waals surface area (Å²) in [5.74, 6) is 3.87. The lowest BCUT2D eigenvalue weighted by Crippen LogP contribution is -2.42. The largest absolute Gasteiger partial charge is 0.314 e. The molecule has 3 aliphatic rings. The SMILES string of the molecule is Clc1cccc(C2CC(NCC(C3CC3)C3CC3)C2)c1. The predicted molar refractivity (Wildman–Crippen MR) is 84.2 cm³/mol. The average Bonchev–Trinajstić information content (AvgIpc) is 3.25. The molecule has 20 heavy (non-hydrogen) atoms. The van der Waals surface area contributed by atoms with Crippen molar-refractivity contribution in [3.63, 3.8) is 0 Å². The van der Waals surface area contributed by atoms with Gasteiger partial charge in [0.25, 0.3) is 0 Å². The Morgan fingerprint density at radius 2 is 1.80 bits per heavy atom. The van der Waals surface area contributed by atoms with E-state index < -0.39 is 0 Å². The van der Waals surface area contributed by atoms with Gasteiger partial charge < -0.3 is 5.32 Å². The summed E-state index contributed by atoms with van der Waals surface area (Å²) in [5, 5.41) is 4.72. The summed E-state index contributed by atoms with van der Waals surface area (Å²) in [4.78, 5) is 0. The zero-order valence-electron chi connectivity index (χ0n) is 12.0. The first kappa shape index (κ1) is 13.2. The lowest BCUT2D eigenvalue weighted by molar-refractivity contribution is 0.259. The summed E-state index contributed by atoms with van der Waals surface area (Å²) >= 11 is 6.08. The lowest BCUT2D eigenvalue weighted by atomic mass is 9.75. The molecule has 0 spiro atoms. The fraction of sp³-hybridized carbons (Fsp3) is 0.667. The highest BCUT2D eigenvalue weighted by Gasteiger charge is 2.41. The summed E-state index contributed by atoms with van der Waals surface area (Å²) in [6, 6.07) is 9.16. The van der Waals surface area contributed by atoms with Crippen molar-refractivity contribution in [3.05, 3.63) is 34.9 Å². The second-order valence-corrected chi connectivity index (χ2v) is 7.60. The number of halogens is 1. The van der Waals surface area contributed by atoms with E-state index in [1.807, 2.05) is 6.07 Å². The molecule has 1 aromatic carbocycles. The number of hydrogen-bond acceptors (Lipinski definition) is 1. The van der Waals surface area contributed by atoms with Crippen LogP contribution in [0.15, 0.2) is 24.3 Å². The van der Waals surface area contributed by atoms with Crippen LogP contribution in [0.4, 0.5) is 0 Å². The van der Waals surface area contributed by atoms with Crippen molar-refractivity contribution in [2.24, 2.45) is 17.8 Å². The Bertz CT molecular complexity index is 460. The molecule has 0 aliphatic heterocycles. The van der Waals surface area contributed by atoms with Crippen molar-refractivity contribution in [1.82, 2.24) is 5.32 Å². The first-order valence-corrected chi connectivity index (χ1v) is 8.66. The molecular formula is C18H24ClN. The van der Waals surface area contributed by atoms with Gasteiger partial charge in [-0.1, -0.05) is 23.7 Å². The highest BCUT2D eigenvalue weighted by molar-refractivity contribution is 6.30. The van der Waals surface area contributed by atoms with E-state index in [0.717, 1.165) is 34.7 Å². The maximum absolute atomic E-state index is 6.08. The Morgan fingerprint density at radius 1 is 1.10 bits per heavy atom. The quantitative estimate of drug-likeness (QED) is 0.806. The molecule has 0 radical (unpaired) electrons. The van der Waals surface area contributed by atoms with E-state index in [2.05, 4.69) is 23.5 Å². The van der Waals surface area contributed by atoms with E-state index in [1.165, 1.54) is 50.6 Å². The smallest absolute Gasteiger partial charge is 0.0408 e. The average molecular weight is 290 g/mol. The maximum Gasteiger partial charge on any atom is 0.0408 e. The van der Waals surface area contributed by atoms with Gasteiger partial charge >= 0.3 is 0 Å². The fourth-order valence-electron chi connectivity index (χ4n) is 3.89. The minimum atomic E-state index is 0.728. The van der Waals surface area contributed by atoms with E-state index in [9.17, 15) is 0 Å². The fourth-order valence-corrected chi connectivity index (χ4v) is 4.09. The molecule has 4 rings (SSSR count). The molecule has 0 amide bonds. The number of hydrogen-bond donors (Lipinski definition) is 1. The van der Waals surface area contributed by atoms with Gasteiger partial charge in [0.05, 0.1) is 0 Å². The van der Waals surface area contributed by atoms with E-state index in [4.69, 9.17) is 11.6 Å². The zero-order chi connectivity index (χ0) is 13.5. The van der Waals surface area contributed by atoms with E-state index in [0.29, 0.717) is 0 Å². The molecular weight excluding hydrogens is 266 g/mol. The Balaban J connectivity index is 1.25. The third-order valence-corrected chi connectivity index (χ3v) is 5.79. The van der Waals surface area contributed by atoms with Crippen molar-refractivity contribution in [1.29, 1.82) is 0 Å². The summed E-state index contributed by atoms with van der Waals surface area (Å²) in [6.45, 7) is 1.28. The molecule has 3 fully saturated rings. The van der Waals surface area contributed by atoms with E-state index in [1.54, 1.807) is 0 Å². The second kappa shape index (κ2) is 5.35. The lowest BCUT2D eigenvalue weighted by Gasteiger charge is -2.37. The highest BCUT2D eigenvalue weighted by atomic mass is 35.5. The van der Waals surface area contributed by atoms with Gasteiger partial charge in [-0.25, -0.2) is 0 Å². The molecule has 2 heteroatoms. The summed E-state index contributed by atoms with van der Waals surface area (Å²) in [7, 11) is 0. The molecule has 108 valence electrons. The van der Waals surface area contributed by atoms with Crippen molar-refractivity contribution in [2.75, 3.05) is 6.54 Å². The van der Waals surface area contributed by atoms with Gasteiger partial charge in [-0.2, -0.15) is 0 Å². The molecule has 0 unspecified atom stereocenters. The molecule has 0 heterocycles. The molecule has 3 aliphatic carbocycles. The van der Waals surface area contributed by atoms with Crippen LogP contribution in [-0.4, -0.2) is 12.6 Å². The van der Waals surface area contributed by atoms with Gasteiger partial charge in [0.2, 0.25) is 0 Å². The number of benzene rings is 1. The van der Waals surface area contributed by atoms with Crippen molar-refractivity contribution >= 4 is 11.6 Å². The van der Waals surface area contributed by atoms with Crippen LogP contribution < -0.4 is 5.32 Å². The Labute approximate surface area is 127 Å². The summed E-state index contributed by atoms with van der Waals surface area (Å²) in [6.07, 6.45) is 8.58. The third kappa shape index (κ3) is 2.89. The van der Waals surface area contributed by atoms with Crippen molar-refractivity contribution < 1.29 is 0 Å². The summed E-state index contributed by atoms with van der Waals surface area (Å²) in [5.41, 5.74) is 1.43. The molecule has 0 bridgehead atoms. The van der Waals surface area contributed by atoms with Gasteiger partial charge in [-0.15, -0.1) is 0 Å². The third-order valence-electron chi connectivity index (χ3n) is 5.56. The van der Waals surface area contributed by atoms with Gasteiger partial charge in [0, 0.05) is 11.1 Å². The Morgan fingerprint density at radius 3 is 2.40 bits per heavy atom. The van der Waals surface area contributed by atoms with Crippen LogP contribution >= 0.6 is 11.6 Å². The Hall–Kier alpha value is -0.530. The molecule has 0 aromatic heterocycles. The van der Waals surface area contributed by atoms with Gasteiger partial charge in [0.1, 0.15) is 0 Å². The molecule has 1 aromatic rings. The van der Waals surface area contributed by atoms with Crippen LogP contribution in [0.2, 0.25) is 5.02 Å². The second-order valence-electron chi connectivity index (χ2n) is 7.17. The molecule has 3 saturated carbocycles. The van der Waals surface area contributed by atoms with Gasteiger partial charge in [-0.05, 0) is 86.4 Å². The summed E-state index contributed by atoms with van der Waals surface area (Å²) < 4.78 is 0. The van der Waals surface area contributed by atoms with Crippen LogP contribution in [-0.2, 0) is 0 Å². The minimum absolute atomic E-state index is 0.728. The van der Waals surface area contributed by atoms with Gasteiger partial charge in [0.15, 0.2) is 0 Å².